The predicted octanol–water partition coefficient (Wildman–Crippen LogP) is 4.45. The summed E-state index contributed by atoms with van der Waals surface area (Å²) in [5.41, 5.74) is 3.10. The number of benzene rings is 2. The summed E-state index contributed by atoms with van der Waals surface area (Å²) in [6.45, 7) is 2.18. The van der Waals surface area contributed by atoms with Crippen molar-refractivity contribution in [2.75, 3.05) is 0 Å². The first-order valence-electron chi connectivity index (χ1n) is 7.80. The third-order valence-electron chi connectivity index (χ3n) is 4.35. The highest BCUT2D eigenvalue weighted by Crippen LogP contribution is 2.52. The number of aliphatic carboxylic acids is 1. The van der Waals surface area contributed by atoms with E-state index in [1.54, 1.807) is 0 Å². The van der Waals surface area contributed by atoms with Gasteiger partial charge in [0.05, 0.1) is 0 Å². The van der Waals surface area contributed by atoms with Crippen molar-refractivity contribution in [1.82, 2.24) is 0 Å². The average Bonchev–Trinajstić information content (AvgIpc) is 3.31. The zero-order valence-electron chi connectivity index (χ0n) is 12.8. The lowest BCUT2D eigenvalue weighted by molar-refractivity contribution is -0.138. The van der Waals surface area contributed by atoms with Crippen LogP contribution in [0.4, 0.5) is 0 Å². The molecule has 22 heavy (non-hydrogen) atoms. The molecule has 112 valence electrons. The molecule has 2 aromatic carbocycles. The molecule has 1 N–H and O–H groups in total. The molecule has 0 spiro atoms. The van der Waals surface area contributed by atoms with Gasteiger partial charge in [0.15, 0.2) is 0 Å². The molecule has 1 aliphatic rings. The molecule has 0 heterocycles. The van der Waals surface area contributed by atoms with Gasteiger partial charge < -0.3 is 5.11 Å². The van der Waals surface area contributed by atoms with Crippen molar-refractivity contribution >= 4 is 11.5 Å². The van der Waals surface area contributed by atoms with Crippen molar-refractivity contribution < 1.29 is 9.90 Å². The number of rotatable bonds is 6. The van der Waals surface area contributed by atoms with Gasteiger partial charge in [0.1, 0.15) is 5.41 Å². The summed E-state index contributed by atoms with van der Waals surface area (Å²) in [6, 6.07) is 17.8. The van der Waals surface area contributed by atoms with Crippen LogP contribution in [0.3, 0.4) is 0 Å². The fourth-order valence-electron chi connectivity index (χ4n) is 2.96. The van der Waals surface area contributed by atoms with Crippen molar-refractivity contribution in [3.63, 3.8) is 0 Å². The molecule has 0 saturated heterocycles. The molecule has 2 heteroatoms. The van der Waals surface area contributed by atoms with Crippen LogP contribution in [0, 0.1) is 0 Å². The van der Waals surface area contributed by atoms with Gasteiger partial charge in [-0.25, -0.2) is 0 Å². The molecule has 2 nitrogen and oxygen atoms in total. The van der Waals surface area contributed by atoms with E-state index < -0.39 is 11.4 Å². The molecule has 1 aliphatic carbocycles. The largest absolute Gasteiger partial charge is 0.480 e. The van der Waals surface area contributed by atoms with E-state index in [0.29, 0.717) is 0 Å². The molecule has 0 radical (unpaired) electrons. The highest BCUT2D eigenvalue weighted by molar-refractivity contribution is 6.11. The summed E-state index contributed by atoms with van der Waals surface area (Å²) in [5.74, 6) is -0.802. The zero-order valence-corrected chi connectivity index (χ0v) is 12.8. The summed E-state index contributed by atoms with van der Waals surface area (Å²) < 4.78 is 0. The molecule has 0 fully saturated rings. The Bertz CT molecular complexity index is 698. The Kier molecular flexibility index (Phi) is 3.84. The van der Waals surface area contributed by atoms with Crippen molar-refractivity contribution in [3.8, 4) is 0 Å². The van der Waals surface area contributed by atoms with Crippen LogP contribution < -0.4 is 0 Å². The SMILES string of the molecule is CCCCc1ccc(C2=C[C@@]2(C(=O)O)c2ccccc2)cc1. The highest BCUT2D eigenvalue weighted by Gasteiger charge is 2.53. The topological polar surface area (TPSA) is 37.3 Å². The summed E-state index contributed by atoms with van der Waals surface area (Å²) in [6.07, 6.45) is 5.30. The third kappa shape index (κ3) is 2.45. The number of carboxylic acid groups (broad SMARTS) is 1. The van der Waals surface area contributed by atoms with E-state index >= 15 is 0 Å². The highest BCUT2D eigenvalue weighted by atomic mass is 16.4. The molecule has 0 saturated carbocycles. The fourth-order valence-corrected chi connectivity index (χ4v) is 2.96. The van der Waals surface area contributed by atoms with E-state index in [2.05, 4.69) is 19.1 Å². The molecule has 1 atom stereocenters. The fraction of sp³-hybridized carbons (Fsp3) is 0.250. The van der Waals surface area contributed by atoms with E-state index in [0.717, 1.165) is 23.1 Å². The van der Waals surface area contributed by atoms with Crippen LogP contribution in [0.5, 0.6) is 0 Å². The number of unbranched alkanes of at least 4 members (excludes halogenated alkanes) is 1. The van der Waals surface area contributed by atoms with Gasteiger partial charge >= 0.3 is 5.97 Å². The normalized spacial score (nSPS) is 19.6. The van der Waals surface area contributed by atoms with E-state index in [-0.39, 0.29) is 0 Å². The maximum absolute atomic E-state index is 11.8. The van der Waals surface area contributed by atoms with Crippen LogP contribution in [0.25, 0.3) is 5.57 Å². The van der Waals surface area contributed by atoms with Gasteiger partial charge in [-0.1, -0.05) is 74.0 Å². The Labute approximate surface area is 131 Å². The summed E-state index contributed by atoms with van der Waals surface area (Å²) in [4.78, 5) is 11.8. The van der Waals surface area contributed by atoms with Crippen molar-refractivity contribution in [2.24, 2.45) is 0 Å². The maximum atomic E-state index is 11.8. The Morgan fingerprint density at radius 3 is 2.32 bits per heavy atom. The lowest BCUT2D eigenvalue weighted by atomic mass is 9.88. The molecule has 0 bridgehead atoms. The molecule has 0 unspecified atom stereocenters. The maximum Gasteiger partial charge on any atom is 0.322 e. The molecule has 0 amide bonds. The Hall–Kier alpha value is -2.35. The van der Waals surface area contributed by atoms with Crippen LogP contribution in [-0.4, -0.2) is 11.1 Å². The van der Waals surface area contributed by atoms with Crippen LogP contribution >= 0.6 is 0 Å². The molecule has 0 aliphatic heterocycles. The Morgan fingerprint density at radius 1 is 1.05 bits per heavy atom. The summed E-state index contributed by atoms with van der Waals surface area (Å²) in [7, 11) is 0. The predicted molar refractivity (Wildman–Crippen MR) is 88.8 cm³/mol. The van der Waals surface area contributed by atoms with Crippen LogP contribution in [0.2, 0.25) is 0 Å². The molecular weight excluding hydrogens is 272 g/mol. The van der Waals surface area contributed by atoms with E-state index in [9.17, 15) is 9.90 Å². The lowest BCUT2D eigenvalue weighted by Gasteiger charge is -2.14. The molecule has 2 aromatic rings. The van der Waals surface area contributed by atoms with Crippen LogP contribution in [-0.2, 0) is 16.6 Å². The minimum atomic E-state index is -0.938. The Morgan fingerprint density at radius 2 is 1.73 bits per heavy atom. The second-order valence-electron chi connectivity index (χ2n) is 5.84. The second kappa shape index (κ2) is 5.80. The van der Waals surface area contributed by atoms with Gasteiger partial charge in [-0.3, -0.25) is 4.79 Å². The summed E-state index contributed by atoms with van der Waals surface area (Å²) in [5, 5.41) is 9.71. The van der Waals surface area contributed by atoms with E-state index in [1.165, 1.54) is 18.4 Å². The van der Waals surface area contributed by atoms with Crippen molar-refractivity contribution in [3.05, 3.63) is 77.4 Å². The van der Waals surface area contributed by atoms with Crippen LogP contribution in [0.1, 0.15) is 36.5 Å². The van der Waals surface area contributed by atoms with Gasteiger partial charge in [-0.05, 0) is 35.1 Å². The average molecular weight is 292 g/mol. The first-order valence-corrected chi connectivity index (χ1v) is 7.80. The number of carboxylic acids is 1. The number of aryl methyl sites for hydroxylation is 1. The third-order valence-corrected chi connectivity index (χ3v) is 4.35. The number of hydrogen-bond acceptors (Lipinski definition) is 1. The number of hydrogen-bond donors (Lipinski definition) is 1. The monoisotopic (exact) mass is 292 g/mol. The smallest absolute Gasteiger partial charge is 0.322 e. The first kappa shape index (κ1) is 14.6. The quantitative estimate of drug-likeness (QED) is 0.854. The first-order chi connectivity index (χ1) is 10.7. The zero-order chi connectivity index (χ0) is 15.6. The van der Waals surface area contributed by atoms with Gasteiger partial charge in [0.25, 0.3) is 0 Å². The minimum absolute atomic E-state index is 0.802. The van der Waals surface area contributed by atoms with E-state index in [4.69, 9.17) is 0 Å². The van der Waals surface area contributed by atoms with Crippen molar-refractivity contribution in [2.45, 2.75) is 31.6 Å². The van der Waals surface area contributed by atoms with Gasteiger partial charge in [0, 0.05) is 0 Å². The van der Waals surface area contributed by atoms with Crippen LogP contribution in [0.15, 0.2) is 60.7 Å². The molecule has 3 rings (SSSR count). The molecular formula is C20H20O2. The summed E-state index contributed by atoms with van der Waals surface area (Å²) >= 11 is 0. The van der Waals surface area contributed by atoms with Crippen molar-refractivity contribution in [1.29, 1.82) is 0 Å². The van der Waals surface area contributed by atoms with Gasteiger partial charge in [0.2, 0.25) is 0 Å². The molecule has 0 aromatic heterocycles. The van der Waals surface area contributed by atoms with Gasteiger partial charge in [-0.2, -0.15) is 0 Å². The number of carbonyl (C=O) groups is 1. The van der Waals surface area contributed by atoms with E-state index in [1.807, 2.05) is 48.5 Å². The van der Waals surface area contributed by atoms with Gasteiger partial charge in [-0.15, -0.1) is 0 Å². The second-order valence-corrected chi connectivity index (χ2v) is 5.84. The lowest BCUT2D eigenvalue weighted by Crippen LogP contribution is -2.23. The Balaban J connectivity index is 1.84. The standard InChI is InChI=1S/C20H20O2/c1-2-3-7-15-10-12-16(13-11-15)18-14-20(18,19(21)22)17-8-5-4-6-9-17/h4-6,8-14H,2-3,7H2,1H3,(H,21,22)/t20-/m1/s1. The minimum Gasteiger partial charge on any atom is -0.480 e.